The van der Waals surface area contributed by atoms with E-state index in [-0.39, 0.29) is 30.2 Å². The Balaban J connectivity index is 0.000000199. The molecule has 6 rings (SSSR count). The minimum absolute atomic E-state index is 0.0231. The predicted octanol–water partition coefficient (Wildman–Crippen LogP) is 2.26. The third-order valence-electron chi connectivity index (χ3n) is 6.19. The van der Waals surface area contributed by atoms with Gasteiger partial charge in [0.1, 0.15) is 29.7 Å². The Morgan fingerprint density at radius 1 is 1.06 bits per heavy atom. The van der Waals surface area contributed by atoms with Crippen molar-refractivity contribution >= 4 is 16.9 Å². The van der Waals surface area contributed by atoms with Crippen LogP contribution in [0.4, 0.5) is 10.2 Å². The number of imidazole rings is 1. The molecule has 0 spiro atoms. The smallest absolute Gasteiger partial charge is 0.140 e. The zero-order valence-electron chi connectivity index (χ0n) is 17.7. The van der Waals surface area contributed by atoms with Gasteiger partial charge in [-0.1, -0.05) is 0 Å². The summed E-state index contributed by atoms with van der Waals surface area (Å²) in [6, 6.07) is 8.42. The van der Waals surface area contributed by atoms with Gasteiger partial charge in [0.2, 0.25) is 0 Å². The second-order valence-corrected chi connectivity index (χ2v) is 8.43. The Labute approximate surface area is 185 Å². The van der Waals surface area contributed by atoms with Crippen molar-refractivity contribution in [2.75, 3.05) is 31.2 Å². The molecule has 5 heterocycles. The first kappa shape index (κ1) is 21.3. The van der Waals surface area contributed by atoms with E-state index in [0.717, 1.165) is 55.9 Å². The summed E-state index contributed by atoms with van der Waals surface area (Å²) < 4.78 is 23.7. The molecular weight excluding hydrogens is 415 g/mol. The number of hydrogen-bond acceptors (Lipinski definition) is 7. The highest BCUT2D eigenvalue weighted by Gasteiger charge is 2.40. The van der Waals surface area contributed by atoms with Crippen LogP contribution in [-0.2, 0) is 9.47 Å². The largest absolute Gasteiger partial charge is 0.393 e. The van der Waals surface area contributed by atoms with Crippen LogP contribution in [0.3, 0.4) is 0 Å². The number of anilines is 1. The topological polar surface area (TPSA) is 104 Å². The van der Waals surface area contributed by atoms with Crippen LogP contribution >= 0.6 is 0 Å². The van der Waals surface area contributed by atoms with Crippen molar-refractivity contribution in [2.24, 2.45) is 0 Å². The SMILES string of the molecule is OC1CCN(c2ccc(-c3nc4ccc(F)cc4[nH]3)cn2)CC1.OC1CO[C@@H]2CCO[C@H]12. The molecule has 0 saturated carbocycles. The minimum Gasteiger partial charge on any atom is -0.393 e. The predicted molar refractivity (Wildman–Crippen MR) is 117 cm³/mol. The summed E-state index contributed by atoms with van der Waals surface area (Å²) in [7, 11) is 0. The van der Waals surface area contributed by atoms with Gasteiger partial charge in [0, 0.05) is 31.5 Å². The summed E-state index contributed by atoms with van der Waals surface area (Å²) in [6.07, 6.45) is 3.86. The van der Waals surface area contributed by atoms with Gasteiger partial charge in [0.05, 0.1) is 29.8 Å². The molecule has 1 unspecified atom stereocenters. The highest BCUT2D eigenvalue weighted by Crippen LogP contribution is 2.26. The number of ether oxygens (including phenoxy) is 2. The Kier molecular flexibility index (Phi) is 6.05. The van der Waals surface area contributed by atoms with Crippen molar-refractivity contribution in [3.63, 3.8) is 0 Å². The maximum atomic E-state index is 13.3. The molecule has 3 atom stereocenters. The fourth-order valence-corrected chi connectivity index (χ4v) is 4.37. The first-order valence-corrected chi connectivity index (χ1v) is 11.0. The molecule has 0 bridgehead atoms. The molecule has 3 fully saturated rings. The van der Waals surface area contributed by atoms with Gasteiger partial charge in [0.25, 0.3) is 0 Å². The van der Waals surface area contributed by atoms with E-state index in [1.54, 1.807) is 12.3 Å². The number of hydrogen-bond donors (Lipinski definition) is 3. The molecule has 3 aromatic rings. The number of rotatable bonds is 2. The van der Waals surface area contributed by atoms with Crippen LogP contribution in [0.15, 0.2) is 36.5 Å². The first-order chi connectivity index (χ1) is 15.6. The normalized spacial score (nSPS) is 25.6. The number of H-pyrrole nitrogens is 1. The van der Waals surface area contributed by atoms with Crippen LogP contribution in [0.2, 0.25) is 0 Å². The molecule has 3 saturated heterocycles. The number of nitrogens with zero attached hydrogens (tertiary/aromatic N) is 3. The molecule has 2 aromatic heterocycles. The van der Waals surface area contributed by atoms with Crippen LogP contribution in [0.5, 0.6) is 0 Å². The number of fused-ring (bicyclic) bond motifs is 2. The van der Waals surface area contributed by atoms with Crippen LogP contribution < -0.4 is 4.90 Å². The number of aromatic nitrogens is 3. The van der Waals surface area contributed by atoms with Crippen LogP contribution in [0.1, 0.15) is 19.3 Å². The van der Waals surface area contributed by atoms with E-state index < -0.39 is 0 Å². The summed E-state index contributed by atoms with van der Waals surface area (Å²) in [4.78, 5) is 14.3. The maximum absolute atomic E-state index is 13.3. The average molecular weight is 442 g/mol. The molecule has 8 nitrogen and oxygen atoms in total. The van der Waals surface area contributed by atoms with E-state index in [2.05, 4.69) is 19.9 Å². The molecule has 0 radical (unpaired) electrons. The van der Waals surface area contributed by atoms with Gasteiger partial charge >= 0.3 is 0 Å². The Morgan fingerprint density at radius 2 is 1.91 bits per heavy atom. The minimum atomic E-state index is -0.377. The average Bonchev–Trinajstić information content (AvgIpc) is 3.52. The number of aliphatic hydroxyl groups is 2. The Morgan fingerprint density at radius 3 is 2.66 bits per heavy atom. The molecule has 1 aromatic carbocycles. The first-order valence-electron chi connectivity index (χ1n) is 11.0. The van der Waals surface area contributed by atoms with E-state index in [0.29, 0.717) is 17.9 Å². The van der Waals surface area contributed by atoms with Gasteiger partial charge in [0.15, 0.2) is 0 Å². The number of aliphatic hydroxyl groups excluding tert-OH is 2. The lowest BCUT2D eigenvalue weighted by atomic mass is 10.1. The van der Waals surface area contributed by atoms with Crippen molar-refractivity contribution in [3.05, 3.63) is 42.3 Å². The van der Waals surface area contributed by atoms with E-state index in [1.807, 2.05) is 12.1 Å². The Hall–Kier alpha value is -2.59. The summed E-state index contributed by atoms with van der Waals surface area (Å²) in [5.41, 5.74) is 2.27. The van der Waals surface area contributed by atoms with Crippen molar-refractivity contribution in [1.29, 1.82) is 0 Å². The number of halogens is 1. The van der Waals surface area contributed by atoms with Crippen LogP contribution in [0, 0.1) is 5.82 Å². The number of aromatic amines is 1. The molecule has 32 heavy (non-hydrogen) atoms. The zero-order valence-corrected chi connectivity index (χ0v) is 17.7. The number of nitrogens with one attached hydrogen (secondary N) is 1. The van der Waals surface area contributed by atoms with Gasteiger partial charge < -0.3 is 29.6 Å². The molecule has 3 aliphatic heterocycles. The van der Waals surface area contributed by atoms with Gasteiger partial charge in [-0.25, -0.2) is 14.4 Å². The number of pyridine rings is 1. The molecule has 0 aliphatic carbocycles. The van der Waals surface area contributed by atoms with E-state index in [1.165, 1.54) is 12.1 Å². The summed E-state index contributed by atoms with van der Waals surface area (Å²) in [5, 5.41) is 18.7. The Bertz CT molecular complexity index is 1050. The van der Waals surface area contributed by atoms with E-state index in [9.17, 15) is 9.50 Å². The third kappa shape index (κ3) is 4.47. The molecular formula is C23H27FN4O4. The second-order valence-electron chi connectivity index (χ2n) is 8.43. The number of benzene rings is 1. The zero-order chi connectivity index (χ0) is 22.1. The lowest BCUT2D eigenvalue weighted by molar-refractivity contribution is 0.0187. The standard InChI is InChI=1S/C17H17FN4O.C6H10O3/c18-12-2-3-14-15(9-12)21-17(20-14)11-1-4-16(19-10-11)22-7-5-13(23)6-8-22;7-4-3-9-5-1-2-8-6(4)5/h1-4,9-10,13,23H,5-8H2,(H,20,21);4-7H,1-3H2/t;4?,5-,6-/m.1/s1. The fourth-order valence-electron chi connectivity index (χ4n) is 4.37. The summed E-state index contributed by atoms with van der Waals surface area (Å²) in [5.74, 6) is 1.30. The second kappa shape index (κ2) is 9.11. The van der Waals surface area contributed by atoms with Crippen molar-refractivity contribution < 1.29 is 24.1 Å². The molecule has 0 amide bonds. The van der Waals surface area contributed by atoms with Crippen LogP contribution in [-0.4, -0.2) is 75.9 Å². The van der Waals surface area contributed by atoms with Crippen LogP contribution in [0.25, 0.3) is 22.4 Å². The van der Waals surface area contributed by atoms with Crippen molar-refractivity contribution in [2.45, 2.75) is 43.7 Å². The monoisotopic (exact) mass is 442 g/mol. The summed E-state index contributed by atoms with van der Waals surface area (Å²) >= 11 is 0. The number of piperidine rings is 1. The van der Waals surface area contributed by atoms with Crippen molar-refractivity contribution in [1.82, 2.24) is 15.0 Å². The maximum Gasteiger partial charge on any atom is 0.140 e. The molecule has 3 aliphatic rings. The van der Waals surface area contributed by atoms with Crippen molar-refractivity contribution in [3.8, 4) is 11.4 Å². The van der Waals surface area contributed by atoms with Gasteiger partial charge in [-0.2, -0.15) is 0 Å². The summed E-state index contributed by atoms with van der Waals surface area (Å²) in [6.45, 7) is 2.83. The molecule has 3 N–H and O–H groups in total. The molecule has 9 heteroatoms. The van der Waals surface area contributed by atoms with E-state index in [4.69, 9.17) is 14.6 Å². The highest BCUT2D eigenvalue weighted by atomic mass is 19.1. The fraction of sp³-hybridized carbons (Fsp3) is 0.478. The lowest BCUT2D eigenvalue weighted by Crippen LogP contribution is -2.36. The van der Waals surface area contributed by atoms with E-state index >= 15 is 0 Å². The highest BCUT2D eigenvalue weighted by molar-refractivity contribution is 5.79. The third-order valence-corrected chi connectivity index (χ3v) is 6.19. The van der Waals surface area contributed by atoms with Gasteiger partial charge in [-0.05, 0) is 49.6 Å². The lowest BCUT2D eigenvalue weighted by Gasteiger charge is -2.30. The van der Waals surface area contributed by atoms with Gasteiger partial charge in [-0.3, -0.25) is 0 Å². The molecule has 170 valence electrons. The quantitative estimate of drug-likeness (QED) is 0.559. The van der Waals surface area contributed by atoms with Gasteiger partial charge in [-0.15, -0.1) is 0 Å².